The van der Waals surface area contributed by atoms with Crippen molar-refractivity contribution in [3.8, 4) is 0 Å². The fourth-order valence-electron chi connectivity index (χ4n) is 2.69. The minimum atomic E-state index is -1.15. The zero-order chi connectivity index (χ0) is 21.0. The molecule has 27 heavy (non-hydrogen) atoms. The minimum Gasteiger partial charge on any atom is -0.616 e. The molecule has 1 unspecified atom stereocenters. The number of anilines is 1. The van der Waals surface area contributed by atoms with Crippen molar-refractivity contribution in [3.63, 3.8) is 0 Å². The maximum Gasteiger partial charge on any atom is 0.408 e. The summed E-state index contributed by atoms with van der Waals surface area (Å²) >= 11 is -1.15. The maximum atomic E-state index is 12.1. The lowest BCUT2D eigenvalue weighted by Gasteiger charge is -2.34. The number of nitro benzene ring substituents is 1. The quantitative estimate of drug-likeness (QED) is 0.428. The van der Waals surface area contributed by atoms with E-state index in [0.29, 0.717) is 12.1 Å². The molecule has 1 rings (SSSR count). The highest BCUT2D eigenvalue weighted by atomic mass is 32.2. The summed E-state index contributed by atoms with van der Waals surface area (Å²) in [6.45, 7) is 9.51. The molecule has 1 N–H and O–H groups in total. The molecule has 0 saturated heterocycles. The van der Waals surface area contributed by atoms with Crippen molar-refractivity contribution in [2.45, 2.75) is 51.5 Å². The van der Waals surface area contributed by atoms with Crippen LogP contribution in [0.1, 0.15) is 40.2 Å². The van der Waals surface area contributed by atoms with E-state index >= 15 is 0 Å². The average Bonchev–Trinajstić information content (AvgIpc) is 2.42. The number of amides is 1. The summed E-state index contributed by atoms with van der Waals surface area (Å²) in [5.74, 6) is 0.210. The third-order valence-electron chi connectivity index (χ3n) is 3.52. The highest BCUT2D eigenvalue weighted by Gasteiger charge is 2.27. The first-order valence-corrected chi connectivity index (χ1v) is 10.2. The topological polar surface area (TPSA) is 108 Å². The summed E-state index contributed by atoms with van der Waals surface area (Å²) in [6.07, 6.45) is 1.04. The summed E-state index contributed by atoms with van der Waals surface area (Å²) in [6, 6.07) is 4.51. The van der Waals surface area contributed by atoms with Gasteiger partial charge in [-0.25, -0.2) is 4.79 Å². The Morgan fingerprint density at radius 2 is 1.89 bits per heavy atom. The van der Waals surface area contributed by atoms with Crippen LogP contribution in [0.4, 0.5) is 16.2 Å². The van der Waals surface area contributed by atoms with Gasteiger partial charge in [-0.15, -0.1) is 0 Å². The van der Waals surface area contributed by atoms with Gasteiger partial charge in [-0.1, -0.05) is 11.2 Å². The predicted molar refractivity (Wildman–Crippen MR) is 108 cm³/mol. The van der Waals surface area contributed by atoms with Gasteiger partial charge in [0.1, 0.15) is 11.4 Å². The van der Waals surface area contributed by atoms with E-state index in [-0.39, 0.29) is 11.4 Å². The number of nitro groups is 1. The van der Waals surface area contributed by atoms with Crippen molar-refractivity contribution in [2.75, 3.05) is 24.7 Å². The van der Waals surface area contributed by atoms with E-state index in [4.69, 9.17) is 4.74 Å². The Bertz CT molecular complexity index is 686. The smallest absolute Gasteiger partial charge is 0.408 e. The summed E-state index contributed by atoms with van der Waals surface area (Å²) in [5.41, 5.74) is 0.0961. The molecular formula is C18H29N3O5S. The molecule has 0 saturated carbocycles. The van der Waals surface area contributed by atoms with Crippen LogP contribution in [0.2, 0.25) is 0 Å². The van der Waals surface area contributed by atoms with Crippen LogP contribution >= 0.6 is 0 Å². The summed E-state index contributed by atoms with van der Waals surface area (Å²) in [5, 5.41) is 13.9. The lowest BCUT2D eigenvalue weighted by molar-refractivity contribution is -0.384. The molecule has 0 aromatic heterocycles. The van der Waals surface area contributed by atoms with E-state index in [1.807, 2.05) is 25.8 Å². The fourth-order valence-corrected chi connectivity index (χ4v) is 3.36. The van der Waals surface area contributed by atoms with Crippen LogP contribution in [-0.2, 0) is 21.7 Å². The van der Waals surface area contributed by atoms with Crippen molar-refractivity contribution in [3.05, 3.63) is 33.9 Å². The Hall–Kier alpha value is -2.00. The normalized spacial score (nSPS) is 13.0. The molecular weight excluding hydrogens is 370 g/mol. The maximum absolute atomic E-state index is 12.1. The molecule has 1 aromatic carbocycles. The number of alkyl carbamates (subject to hydrolysis) is 1. The molecule has 0 bridgehead atoms. The van der Waals surface area contributed by atoms with Gasteiger partial charge < -0.3 is 19.5 Å². The van der Waals surface area contributed by atoms with Crippen LogP contribution in [-0.4, -0.2) is 46.6 Å². The Morgan fingerprint density at radius 3 is 2.37 bits per heavy atom. The number of benzene rings is 1. The molecule has 8 nitrogen and oxygen atoms in total. The number of hydrogen-bond donors (Lipinski definition) is 1. The standard InChI is InChI=1S/C18H29N3O5S/c1-17(2,3)26-16(22)19-18(4,5)12-20(6)15-9-8-14(21(23)24)10-13(15)11-27(7)25/h8-10H,11-12H2,1-7H3,(H,19,22). The molecule has 1 aromatic rings. The van der Waals surface area contributed by atoms with Gasteiger partial charge in [0.15, 0.2) is 0 Å². The van der Waals surface area contributed by atoms with Crippen LogP contribution in [0.5, 0.6) is 0 Å². The lowest BCUT2D eigenvalue weighted by atomic mass is 10.0. The first kappa shape index (κ1) is 23.0. The van der Waals surface area contributed by atoms with Gasteiger partial charge in [0.2, 0.25) is 0 Å². The molecule has 1 amide bonds. The largest absolute Gasteiger partial charge is 0.616 e. The SMILES string of the molecule is CN(CC(C)(C)NC(=O)OC(C)(C)C)c1ccc([N+](=O)[O-])cc1C[S+](C)[O-]. The van der Waals surface area contributed by atoms with Gasteiger partial charge in [0.25, 0.3) is 5.69 Å². The van der Waals surface area contributed by atoms with Gasteiger partial charge in [-0.3, -0.25) is 10.1 Å². The van der Waals surface area contributed by atoms with Gasteiger partial charge in [-0.2, -0.15) is 0 Å². The monoisotopic (exact) mass is 399 g/mol. The van der Waals surface area contributed by atoms with Gasteiger partial charge in [0, 0.05) is 37.0 Å². The number of rotatable bonds is 7. The second-order valence-electron chi connectivity index (χ2n) is 8.15. The molecule has 1 atom stereocenters. The molecule has 0 aliphatic heterocycles. The lowest BCUT2D eigenvalue weighted by Crippen LogP contribution is -2.52. The number of nitrogens with zero attached hydrogens (tertiary/aromatic N) is 2. The van der Waals surface area contributed by atoms with Crippen molar-refractivity contribution >= 4 is 28.6 Å². The number of likely N-dealkylation sites (N-methyl/N-ethyl adjacent to an activating group) is 1. The van der Waals surface area contributed by atoms with E-state index in [2.05, 4.69) is 5.32 Å². The highest BCUT2D eigenvalue weighted by Crippen LogP contribution is 2.27. The minimum absolute atomic E-state index is 0.0428. The van der Waals surface area contributed by atoms with Crippen LogP contribution < -0.4 is 10.2 Å². The number of nitrogens with one attached hydrogen (secondary N) is 1. The zero-order valence-corrected chi connectivity index (χ0v) is 17.8. The molecule has 0 aliphatic rings. The summed E-state index contributed by atoms with van der Waals surface area (Å²) in [4.78, 5) is 24.5. The van der Waals surface area contributed by atoms with Gasteiger partial charge in [-0.05, 0) is 40.7 Å². The van der Waals surface area contributed by atoms with Crippen molar-refractivity contribution in [2.24, 2.45) is 0 Å². The van der Waals surface area contributed by atoms with E-state index < -0.39 is 33.3 Å². The van der Waals surface area contributed by atoms with Crippen molar-refractivity contribution in [1.29, 1.82) is 0 Å². The molecule has 0 aliphatic carbocycles. The van der Waals surface area contributed by atoms with Crippen LogP contribution in [0.15, 0.2) is 18.2 Å². The number of non-ortho nitro benzene ring substituents is 1. The molecule has 0 fully saturated rings. The Labute approximate surface area is 163 Å². The highest BCUT2D eigenvalue weighted by molar-refractivity contribution is 7.89. The Balaban J connectivity index is 2.98. The molecule has 152 valence electrons. The summed E-state index contributed by atoms with van der Waals surface area (Å²) < 4.78 is 17.0. The van der Waals surface area contributed by atoms with Crippen LogP contribution in [0, 0.1) is 10.1 Å². The van der Waals surface area contributed by atoms with E-state index in [0.717, 1.165) is 5.69 Å². The Morgan fingerprint density at radius 1 is 1.30 bits per heavy atom. The third-order valence-corrected chi connectivity index (χ3v) is 4.23. The molecule has 0 spiro atoms. The van der Waals surface area contributed by atoms with Crippen LogP contribution in [0.25, 0.3) is 0 Å². The van der Waals surface area contributed by atoms with Gasteiger partial charge >= 0.3 is 6.09 Å². The van der Waals surface area contributed by atoms with Crippen molar-refractivity contribution < 1.29 is 19.0 Å². The second-order valence-corrected chi connectivity index (χ2v) is 9.59. The number of carbonyl (C=O) groups excluding carboxylic acids is 1. The average molecular weight is 400 g/mol. The number of hydrogen-bond acceptors (Lipinski definition) is 6. The number of ether oxygens (including phenoxy) is 1. The predicted octanol–water partition coefficient (Wildman–Crippen LogP) is 3.21. The summed E-state index contributed by atoms with van der Waals surface area (Å²) in [7, 11) is 1.82. The van der Waals surface area contributed by atoms with Gasteiger partial charge in [0.05, 0.1) is 16.7 Å². The fraction of sp³-hybridized carbons (Fsp3) is 0.611. The number of carbonyl (C=O) groups is 1. The van der Waals surface area contributed by atoms with Crippen molar-refractivity contribution in [1.82, 2.24) is 5.32 Å². The molecule has 0 heterocycles. The molecule has 9 heteroatoms. The Kier molecular flexibility index (Phi) is 7.50. The van der Waals surface area contributed by atoms with Crippen LogP contribution in [0.3, 0.4) is 0 Å². The second kappa shape index (κ2) is 8.79. The first-order valence-electron chi connectivity index (χ1n) is 8.50. The third kappa shape index (κ3) is 8.04. The van der Waals surface area contributed by atoms with E-state index in [1.165, 1.54) is 12.1 Å². The first-order chi connectivity index (χ1) is 12.2. The van der Waals surface area contributed by atoms with E-state index in [1.54, 1.807) is 33.1 Å². The molecule has 0 radical (unpaired) electrons. The zero-order valence-electron chi connectivity index (χ0n) is 17.0. The van der Waals surface area contributed by atoms with E-state index in [9.17, 15) is 19.5 Å².